The van der Waals surface area contributed by atoms with Crippen molar-refractivity contribution < 1.29 is 4.79 Å². The van der Waals surface area contributed by atoms with Crippen molar-refractivity contribution in [2.75, 3.05) is 13.1 Å². The normalized spacial score (nSPS) is 38.4. The van der Waals surface area contributed by atoms with Gasteiger partial charge in [-0.3, -0.25) is 4.79 Å². The monoisotopic (exact) mass is 182 g/mol. The maximum absolute atomic E-state index is 11.5. The molecule has 2 aliphatic rings. The first kappa shape index (κ1) is 9.00. The van der Waals surface area contributed by atoms with Crippen molar-refractivity contribution in [2.45, 2.75) is 32.2 Å². The lowest BCUT2D eigenvalue weighted by Gasteiger charge is -2.23. The van der Waals surface area contributed by atoms with E-state index in [0.717, 1.165) is 25.9 Å². The van der Waals surface area contributed by atoms with Gasteiger partial charge in [0.2, 0.25) is 5.91 Å². The molecule has 2 unspecified atom stereocenters. The van der Waals surface area contributed by atoms with Gasteiger partial charge in [-0.25, -0.2) is 0 Å². The summed E-state index contributed by atoms with van der Waals surface area (Å²) in [5, 5.41) is 6.41. The third kappa shape index (κ3) is 2.21. The van der Waals surface area contributed by atoms with Crippen molar-refractivity contribution >= 4 is 5.91 Å². The molecule has 1 saturated heterocycles. The van der Waals surface area contributed by atoms with E-state index in [1.54, 1.807) is 0 Å². The van der Waals surface area contributed by atoms with Crippen LogP contribution in [0.25, 0.3) is 0 Å². The Bertz CT molecular complexity index is 199. The number of amides is 1. The quantitative estimate of drug-likeness (QED) is 0.653. The van der Waals surface area contributed by atoms with Crippen LogP contribution < -0.4 is 10.6 Å². The highest BCUT2D eigenvalue weighted by atomic mass is 16.2. The third-order valence-corrected chi connectivity index (χ3v) is 3.09. The average molecular weight is 182 g/mol. The Labute approximate surface area is 79.3 Å². The molecule has 0 bridgehead atoms. The number of rotatable bonds is 2. The summed E-state index contributed by atoms with van der Waals surface area (Å²) in [6, 6.07) is 0.383. The molecule has 0 spiro atoms. The number of nitrogens with one attached hydrogen (secondary N) is 2. The smallest absolute Gasteiger partial charge is 0.223 e. The molecule has 2 N–H and O–H groups in total. The number of carbonyl (C=O) groups is 1. The van der Waals surface area contributed by atoms with Gasteiger partial charge < -0.3 is 10.6 Å². The van der Waals surface area contributed by atoms with E-state index in [1.807, 2.05) is 0 Å². The summed E-state index contributed by atoms with van der Waals surface area (Å²) in [6.07, 6.45) is 3.41. The highest BCUT2D eigenvalue weighted by Gasteiger charge is 2.39. The van der Waals surface area contributed by atoms with Gasteiger partial charge >= 0.3 is 0 Å². The minimum absolute atomic E-state index is 0.279. The SMILES string of the molecule is CC1CC1C(=O)N[C@@H]1CCCNC1. The van der Waals surface area contributed by atoms with Gasteiger partial charge in [0, 0.05) is 18.5 Å². The van der Waals surface area contributed by atoms with Crippen molar-refractivity contribution in [3.05, 3.63) is 0 Å². The molecule has 1 heterocycles. The number of hydrogen-bond acceptors (Lipinski definition) is 2. The van der Waals surface area contributed by atoms with E-state index in [1.165, 1.54) is 6.42 Å². The average Bonchev–Trinajstić information content (AvgIpc) is 2.84. The summed E-state index contributed by atoms with van der Waals surface area (Å²) < 4.78 is 0. The summed E-state index contributed by atoms with van der Waals surface area (Å²) in [5.41, 5.74) is 0. The van der Waals surface area contributed by atoms with Gasteiger partial charge in [0.25, 0.3) is 0 Å². The first-order valence-corrected chi connectivity index (χ1v) is 5.28. The van der Waals surface area contributed by atoms with Gasteiger partial charge in [0.05, 0.1) is 0 Å². The fourth-order valence-electron chi connectivity index (χ4n) is 1.97. The van der Waals surface area contributed by atoms with Crippen molar-refractivity contribution in [1.82, 2.24) is 10.6 Å². The molecular weight excluding hydrogens is 164 g/mol. The fourth-order valence-corrected chi connectivity index (χ4v) is 1.97. The first-order valence-electron chi connectivity index (χ1n) is 5.28. The van der Waals surface area contributed by atoms with E-state index in [2.05, 4.69) is 17.6 Å². The van der Waals surface area contributed by atoms with Crippen molar-refractivity contribution in [1.29, 1.82) is 0 Å². The van der Waals surface area contributed by atoms with Crippen molar-refractivity contribution in [3.8, 4) is 0 Å². The topological polar surface area (TPSA) is 41.1 Å². The van der Waals surface area contributed by atoms with Crippen LogP contribution in [-0.2, 0) is 4.79 Å². The van der Waals surface area contributed by atoms with E-state index >= 15 is 0 Å². The van der Waals surface area contributed by atoms with Gasteiger partial charge in [-0.2, -0.15) is 0 Å². The van der Waals surface area contributed by atoms with E-state index in [-0.39, 0.29) is 5.91 Å². The van der Waals surface area contributed by atoms with E-state index < -0.39 is 0 Å². The Hall–Kier alpha value is -0.570. The molecule has 13 heavy (non-hydrogen) atoms. The second-order valence-corrected chi connectivity index (χ2v) is 4.37. The van der Waals surface area contributed by atoms with Crippen LogP contribution in [0.15, 0.2) is 0 Å². The Morgan fingerprint density at radius 1 is 1.54 bits per heavy atom. The number of hydrogen-bond donors (Lipinski definition) is 2. The lowest BCUT2D eigenvalue weighted by Crippen LogP contribution is -2.46. The Morgan fingerprint density at radius 2 is 2.31 bits per heavy atom. The fraction of sp³-hybridized carbons (Fsp3) is 0.900. The van der Waals surface area contributed by atoms with Crippen LogP contribution in [0.2, 0.25) is 0 Å². The molecule has 3 heteroatoms. The van der Waals surface area contributed by atoms with Gasteiger partial charge in [-0.1, -0.05) is 6.92 Å². The molecule has 0 aromatic rings. The van der Waals surface area contributed by atoms with Gasteiger partial charge in [-0.15, -0.1) is 0 Å². The minimum atomic E-state index is 0.279. The molecule has 1 aliphatic heterocycles. The van der Waals surface area contributed by atoms with Gasteiger partial charge in [-0.05, 0) is 31.7 Å². The zero-order valence-electron chi connectivity index (χ0n) is 8.18. The summed E-state index contributed by atoms with van der Waals surface area (Å²) in [5.74, 6) is 1.22. The Balaban J connectivity index is 1.73. The zero-order valence-corrected chi connectivity index (χ0v) is 8.18. The van der Waals surface area contributed by atoms with Crippen LogP contribution in [0.3, 0.4) is 0 Å². The highest BCUT2D eigenvalue weighted by Crippen LogP contribution is 2.37. The lowest BCUT2D eigenvalue weighted by atomic mass is 10.1. The standard InChI is InChI=1S/C10H18N2O/c1-7-5-9(7)10(13)12-8-3-2-4-11-6-8/h7-9,11H,2-6H2,1H3,(H,12,13)/t7?,8-,9?/m1/s1. The summed E-state index contributed by atoms with van der Waals surface area (Å²) in [7, 11) is 0. The maximum atomic E-state index is 11.5. The maximum Gasteiger partial charge on any atom is 0.223 e. The molecular formula is C10H18N2O. The van der Waals surface area contributed by atoms with Crippen LogP contribution in [0.1, 0.15) is 26.2 Å². The largest absolute Gasteiger partial charge is 0.352 e. The van der Waals surface area contributed by atoms with Crippen molar-refractivity contribution in [3.63, 3.8) is 0 Å². The summed E-state index contributed by atoms with van der Waals surface area (Å²) in [6.45, 7) is 4.20. The van der Waals surface area contributed by atoms with Gasteiger partial charge in [0.1, 0.15) is 0 Å². The first-order chi connectivity index (χ1) is 6.27. The molecule has 3 atom stereocenters. The molecule has 0 aromatic carbocycles. The van der Waals surface area contributed by atoms with Crippen LogP contribution in [0, 0.1) is 11.8 Å². The van der Waals surface area contributed by atoms with E-state index in [0.29, 0.717) is 17.9 Å². The Kier molecular flexibility index (Phi) is 2.54. The number of piperidine rings is 1. The van der Waals surface area contributed by atoms with Crippen LogP contribution >= 0.6 is 0 Å². The molecule has 1 aliphatic carbocycles. The number of carbonyl (C=O) groups excluding carboxylic acids is 1. The predicted molar refractivity (Wildman–Crippen MR) is 51.3 cm³/mol. The second kappa shape index (κ2) is 3.66. The van der Waals surface area contributed by atoms with Crippen molar-refractivity contribution in [2.24, 2.45) is 11.8 Å². The van der Waals surface area contributed by atoms with Crippen LogP contribution in [0.5, 0.6) is 0 Å². The third-order valence-electron chi connectivity index (χ3n) is 3.09. The van der Waals surface area contributed by atoms with E-state index in [9.17, 15) is 4.79 Å². The summed E-state index contributed by atoms with van der Waals surface area (Å²) in [4.78, 5) is 11.5. The molecule has 1 amide bonds. The molecule has 1 saturated carbocycles. The zero-order chi connectivity index (χ0) is 9.26. The van der Waals surface area contributed by atoms with Gasteiger partial charge in [0.15, 0.2) is 0 Å². The molecule has 2 rings (SSSR count). The van der Waals surface area contributed by atoms with Crippen LogP contribution in [-0.4, -0.2) is 25.0 Å². The van der Waals surface area contributed by atoms with Crippen LogP contribution in [0.4, 0.5) is 0 Å². The lowest BCUT2D eigenvalue weighted by molar-refractivity contribution is -0.123. The molecule has 3 nitrogen and oxygen atoms in total. The second-order valence-electron chi connectivity index (χ2n) is 4.37. The molecule has 0 radical (unpaired) electrons. The molecule has 74 valence electrons. The molecule has 0 aromatic heterocycles. The predicted octanol–water partition coefficient (Wildman–Crippen LogP) is 0.511. The highest BCUT2D eigenvalue weighted by molar-refractivity contribution is 5.81. The minimum Gasteiger partial charge on any atom is -0.352 e. The summed E-state index contributed by atoms with van der Waals surface area (Å²) >= 11 is 0. The Morgan fingerprint density at radius 3 is 2.85 bits per heavy atom. The molecule has 2 fully saturated rings. The van der Waals surface area contributed by atoms with E-state index in [4.69, 9.17) is 0 Å².